The zero-order valence-electron chi connectivity index (χ0n) is 8.10. The van der Waals surface area contributed by atoms with Crippen LogP contribution in [-0.2, 0) is 6.54 Å². The van der Waals surface area contributed by atoms with Crippen molar-refractivity contribution in [1.29, 1.82) is 0 Å². The summed E-state index contributed by atoms with van der Waals surface area (Å²) in [6.07, 6.45) is 0. The molecular formula is C8H12N4S2. The third kappa shape index (κ3) is 2.24. The topological polar surface area (TPSA) is 50.2 Å². The number of aliphatic imine (C=N–C) groups is 1. The second-order valence-corrected chi connectivity index (χ2v) is 5.25. The summed E-state index contributed by atoms with van der Waals surface area (Å²) in [6.45, 7) is 5.01. The maximum absolute atomic E-state index is 4.44. The van der Waals surface area contributed by atoms with Crippen LogP contribution in [0.5, 0.6) is 0 Å². The van der Waals surface area contributed by atoms with Gasteiger partial charge in [-0.2, -0.15) is 0 Å². The van der Waals surface area contributed by atoms with Gasteiger partial charge < -0.3 is 5.32 Å². The fourth-order valence-corrected chi connectivity index (χ4v) is 2.57. The average molecular weight is 228 g/mol. The predicted molar refractivity (Wildman–Crippen MR) is 60.7 cm³/mol. The number of aromatic nitrogens is 2. The van der Waals surface area contributed by atoms with Crippen LogP contribution in [0, 0.1) is 0 Å². The Bertz CT molecular complexity index is 310. The molecule has 0 radical (unpaired) electrons. The Labute approximate surface area is 91.4 Å². The number of rotatable bonds is 2. The Morgan fingerprint density at radius 3 is 3.00 bits per heavy atom. The fraction of sp³-hybridized carbons (Fsp3) is 0.625. The Balaban J connectivity index is 1.93. The summed E-state index contributed by atoms with van der Waals surface area (Å²) >= 11 is 3.16. The van der Waals surface area contributed by atoms with E-state index < -0.39 is 0 Å². The van der Waals surface area contributed by atoms with Gasteiger partial charge in [-0.1, -0.05) is 23.2 Å². The molecule has 2 rings (SSSR count). The second-order valence-electron chi connectivity index (χ2n) is 3.27. The van der Waals surface area contributed by atoms with Crippen LogP contribution in [0.2, 0.25) is 0 Å². The summed E-state index contributed by atoms with van der Waals surface area (Å²) in [5, 5.41) is 10.8. The molecule has 1 fully saturated rings. The standard InChI is InChI=1S/C8H12N4S2/c1-5-6(2)14-8(10-5)9-3-7-4-13-12-11-7/h4-6H,3H2,1-2H3,(H,9,10). The first-order valence-corrected chi connectivity index (χ1v) is 6.21. The molecule has 2 heterocycles. The first kappa shape index (κ1) is 9.92. The summed E-state index contributed by atoms with van der Waals surface area (Å²) < 4.78 is 3.79. The quantitative estimate of drug-likeness (QED) is 0.833. The van der Waals surface area contributed by atoms with Gasteiger partial charge in [0.25, 0.3) is 0 Å². The molecule has 1 saturated heterocycles. The summed E-state index contributed by atoms with van der Waals surface area (Å²) in [6, 6.07) is 0.507. The highest BCUT2D eigenvalue weighted by molar-refractivity contribution is 8.14. The zero-order valence-corrected chi connectivity index (χ0v) is 9.73. The van der Waals surface area contributed by atoms with Crippen molar-refractivity contribution in [2.24, 2.45) is 4.99 Å². The van der Waals surface area contributed by atoms with Crippen LogP contribution in [0.3, 0.4) is 0 Å². The van der Waals surface area contributed by atoms with E-state index in [9.17, 15) is 0 Å². The molecule has 1 aliphatic rings. The summed E-state index contributed by atoms with van der Waals surface area (Å²) in [5.74, 6) is 0. The van der Waals surface area contributed by atoms with Crippen LogP contribution in [0.15, 0.2) is 10.4 Å². The van der Waals surface area contributed by atoms with Crippen LogP contribution in [0.1, 0.15) is 19.5 Å². The van der Waals surface area contributed by atoms with E-state index in [0.29, 0.717) is 17.8 Å². The lowest BCUT2D eigenvalue weighted by molar-refractivity contribution is 0.677. The van der Waals surface area contributed by atoms with Gasteiger partial charge in [0.1, 0.15) is 0 Å². The average Bonchev–Trinajstić information content (AvgIpc) is 2.74. The van der Waals surface area contributed by atoms with E-state index in [1.165, 1.54) is 11.5 Å². The van der Waals surface area contributed by atoms with Gasteiger partial charge in [-0.05, 0) is 18.5 Å². The second kappa shape index (κ2) is 4.27. The molecule has 14 heavy (non-hydrogen) atoms. The molecular weight excluding hydrogens is 216 g/mol. The van der Waals surface area contributed by atoms with Crippen molar-refractivity contribution in [2.45, 2.75) is 31.7 Å². The zero-order chi connectivity index (χ0) is 9.97. The van der Waals surface area contributed by atoms with Crippen LogP contribution < -0.4 is 5.32 Å². The lowest BCUT2D eigenvalue weighted by Crippen LogP contribution is -2.26. The van der Waals surface area contributed by atoms with Crippen molar-refractivity contribution in [1.82, 2.24) is 14.9 Å². The molecule has 0 aliphatic carbocycles. The molecule has 1 N–H and O–H groups in total. The molecule has 1 aromatic rings. The minimum absolute atomic E-state index is 0.507. The Kier molecular flexibility index (Phi) is 3.02. The highest BCUT2D eigenvalue weighted by Crippen LogP contribution is 2.22. The smallest absolute Gasteiger partial charge is 0.157 e. The Morgan fingerprint density at radius 1 is 1.57 bits per heavy atom. The molecule has 0 saturated carbocycles. The summed E-state index contributed by atoms with van der Waals surface area (Å²) in [4.78, 5) is 4.44. The van der Waals surface area contributed by atoms with Gasteiger partial charge >= 0.3 is 0 Å². The molecule has 76 valence electrons. The van der Waals surface area contributed by atoms with E-state index in [2.05, 4.69) is 33.7 Å². The van der Waals surface area contributed by atoms with Crippen molar-refractivity contribution < 1.29 is 0 Å². The van der Waals surface area contributed by atoms with Crippen molar-refractivity contribution >= 4 is 28.5 Å². The third-order valence-corrected chi connectivity index (χ3v) is 3.95. The van der Waals surface area contributed by atoms with Gasteiger partial charge in [0.15, 0.2) is 5.17 Å². The molecule has 4 nitrogen and oxygen atoms in total. The summed E-state index contributed by atoms with van der Waals surface area (Å²) in [5.41, 5.74) is 0.942. The van der Waals surface area contributed by atoms with Gasteiger partial charge in [0, 0.05) is 16.7 Å². The van der Waals surface area contributed by atoms with Gasteiger partial charge in [0.2, 0.25) is 0 Å². The fourth-order valence-electron chi connectivity index (χ4n) is 1.11. The largest absolute Gasteiger partial charge is 0.361 e. The number of hydrogen-bond acceptors (Lipinski definition) is 5. The van der Waals surface area contributed by atoms with E-state index in [1.54, 1.807) is 11.8 Å². The van der Waals surface area contributed by atoms with Crippen molar-refractivity contribution in [2.75, 3.05) is 0 Å². The normalized spacial score (nSPS) is 29.4. The number of nitrogens with zero attached hydrogens (tertiary/aromatic N) is 3. The van der Waals surface area contributed by atoms with Crippen molar-refractivity contribution in [3.63, 3.8) is 0 Å². The highest BCUT2D eigenvalue weighted by atomic mass is 32.2. The van der Waals surface area contributed by atoms with E-state index in [4.69, 9.17) is 0 Å². The molecule has 2 unspecified atom stereocenters. The maximum atomic E-state index is 4.44. The van der Waals surface area contributed by atoms with Crippen LogP contribution in [0.4, 0.5) is 0 Å². The number of hydrogen-bond donors (Lipinski definition) is 1. The molecule has 1 aliphatic heterocycles. The van der Waals surface area contributed by atoms with Gasteiger partial charge in [-0.15, -0.1) is 5.10 Å². The Hall–Kier alpha value is -0.620. The van der Waals surface area contributed by atoms with E-state index in [1.807, 2.05) is 5.38 Å². The molecule has 0 amide bonds. The first-order chi connectivity index (χ1) is 6.75. The number of thioether (sulfide) groups is 1. The Morgan fingerprint density at radius 2 is 2.43 bits per heavy atom. The number of amidine groups is 1. The lowest BCUT2D eigenvalue weighted by Gasteiger charge is -2.04. The van der Waals surface area contributed by atoms with Gasteiger partial charge in [-0.3, -0.25) is 4.99 Å². The minimum atomic E-state index is 0.507. The minimum Gasteiger partial charge on any atom is -0.361 e. The van der Waals surface area contributed by atoms with Gasteiger partial charge in [0.05, 0.1) is 12.2 Å². The molecule has 1 aromatic heterocycles. The van der Waals surface area contributed by atoms with E-state index in [0.717, 1.165) is 10.9 Å². The SMILES string of the molecule is CC1NC(=NCc2csnn2)SC1C. The van der Waals surface area contributed by atoms with Crippen LogP contribution >= 0.6 is 23.3 Å². The molecule has 6 heteroatoms. The first-order valence-electron chi connectivity index (χ1n) is 4.49. The summed E-state index contributed by atoms with van der Waals surface area (Å²) in [7, 11) is 0. The highest BCUT2D eigenvalue weighted by Gasteiger charge is 2.23. The van der Waals surface area contributed by atoms with Crippen molar-refractivity contribution in [3.8, 4) is 0 Å². The molecule has 0 spiro atoms. The van der Waals surface area contributed by atoms with Gasteiger partial charge in [-0.25, -0.2) is 0 Å². The molecule has 0 aromatic carbocycles. The molecule has 2 atom stereocenters. The monoisotopic (exact) mass is 228 g/mol. The third-order valence-electron chi connectivity index (χ3n) is 2.14. The lowest BCUT2D eigenvalue weighted by atomic mass is 10.3. The maximum Gasteiger partial charge on any atom is 0.157 e. The van der Waals surface area contributed by atoms with Crippen LogP contribution in [-0.4, -0.2) is 26.0 Å². The van der Waals surface area contributed by atoms with Crippen LogP contribution in [0.25, 0.3) is 0 Å². The predicted octanol–water partition coefficient (Wildman–Crippen LogP) is 1.51. The van der Waals surface area contributed by atoms with Crippen molar-refractivity contribution in [3.05, 3.63) is 11.1 Å². The van der Waals surface area contributed by atoms with E-state index in [-0.39, 0.29) is 0 Å². The number of nitrogens with one attached hydrogen (secondary N) is 1. The molecule has 0 bridgehead atoms. The van der Waals surface area contributed by atoms with E-state index >= 15 is 0 Å².